The van der Waals surface area contributed by atoms with E-state index in [0.717, 1.165) is 22.5 Å². The van der Waals surface area contributed by atoms with E-state index >= 15 is 0 Å². The van der Waals surface area contributed by atoms with Crippen LogP contribution in [0.1, 0.15) is 31.0 Å². The first-order chi connectivity index (χ1) is 7.74. The van der Waals surface area contributed by atoms with E-state index in [4.69, 9.17) is 5.73 Å². The zero-order valence-electron chi connectivity index (χ0n) is 9.57. The van der Waals surface area contributed by atoms with Crippen LogP contribution in [0.25, 0.3) is 11.3 Å². The summed E-state index contributed by atoms with van der Waals surface area (Å²) in [6.07, 6.45) is 3.56. The lowest BCUT2D eigenvalue weighted by Crippen LogP contribution is -2.02. The summed E-state index contributed by atoms with van der Waals surface area (Å²) in [5.74, 6) is 0.400. The number of nitrogens with two attached hydrogens (primary N) is 1. The average molecular weight is 216 g/mol. The summed E-state index contributed by atoms with van der Waals surface area (Å²) < 4.78 is 0. The third-order valence-corrected chi connectivity index (χ3v) is 2.62. The van der Waals surface area contributed by atoms with Gasteiger partial charge in [0, 0.05) is 35.8 Å². The van der Waals surface area contributed by atoms with Crippen LogP contribution in [0.4, 0.5) is 0 Å². The Labute approximate surface area is 94.9 Å². The standard InChI is InChI=1S/C12H16N4/c1-8(2)11-10(6-13)12(16-15-11)9-4-3-5-14-7-9/h3-5,7-8H,6,13H2,1-2H3,(H,15,16). The molecule has 0 spiro atoms. The molecule has 0 atom stereocenters. The summed E-state index contributed by atoms with van der Waals surface area (Å²) in [5, 5.41) is 7.40. The van der Waals surface area contributed by atoms with Gasteiger partial charge in [-0.15, -0.1) is 0 Å². The number of rotatable bonds is 3. The molecule has 0 fully saturated rings. The number of aromatic amines is 1. The molecule has 0 bridgehead atoms. The maximum atomic E-state index is 5.79. The van der Waals surface area contributed by atoms with E-state index in [1.165, 1.54) is 0 Å². The van der Waals surface area contributed by atoms with Crippen molar-refractivity contribution in [3.8, 4) is 11.3 Å². The summed E-state index contributed by atoms with van der Waals surface area (Å²) >= 11 is 0. The van der Waals surface area contributed by atoms with E-state index in [0.29, 0.717) is 12.5 Å². The van der Waals surface area contributed by atoms with Crippen molar-refractivity contribution in [2.45, 2.75) is 26.3 Å². The topological polar surface area (TPSA) is 67.6 Å². The summed E-state index contributed by atoms with van der Waals surface area (Å²) in [6.45, 7) is 4.74. The Kier molecular flexibility index (Phi) is 3.01. The zero-order valence-corrected chi connectivity index (χ0v) is 9.57. The van der Waals surface area contributed by atoms with Crippen LogP contribution < -0.4 is 5.73 Å². The van der Waals surface area contributed by atoms with E-state index in [1.807, 2.05) is 12.1 Å². The molecule has 0 aliphatic carbocycles. The van der Waals surface area contributed by atoms with E-state index in [-0.39, 0.29) is 0 Å². The number of nitrogens with zero attached hydrogens (tertiary/aromatic N) is 2. The van der Waals surface area contributed by atoms with Crippen LogP contribution in [0, 0.1) is 0 Å². The molecule has 3 N–H and O–H groups in total. The lowest BCUT2D eigenvalue weighted by atomic mass is 10.0. The van der Waals surface area contributed by atoms with Gasteiger partial charge in [-0.25, -0.2) is 0 Å². The second-order valence-electron chi connectivity index (χ2n) is 4.06. The van der Waals surface area contributed by atoms with Gasteiger partial charge in [0.1, 0.15) is 0 Å². The van der Waals surface area contributed by atoms with Crippen molar-refractivity contribution in [1.82, 2.24) is 15.2 Å². The van der Waals surface area contributed by atoms with E-state index in [9.17, 15) is 0 Å². The van der Waals surface area contributed by atoms with Gasteiger partial charge in [-0.1, -0.05) is 13.8 Å². The van der Waals surface area contributed by atoms with E-state index in [1.54, 1.807) is 12.4 Å². The van der Waals surface area contributed by atoms with Crippen molar-refractivity contribution in [2.24, 2.45) is 5.73 Å². The van der Waals surface area contributed by atoms with Crippen molar-refractivity contribution in [1.29, 1.82) is 0 Å². The fourth-order valence-corrected chi connectivity index (χ4v) is 1.80. The summed E-state index contributed by atoms with van der Waals surface area (Å²) in [4.78, 5) is 4.10. The molecule has 2 aromatic heterocycles. The molecule has 16 heavy (non-hydrogen) atoms. The van der Waals surface area contributed by atoms with Crippen LogP contribution in [0.2, 0.25) is 0 Å². The van der Waals surface area contributed by atoms with E-state index in [2.05, 4.69) is 29.0 Å². The van der Waals surface area contributed by atoms with Crippen molar-refractivity contribution >= 4 is 0 Å². The molecule has 4 nitrogen and oxygen atoms in total. The minimum Gasteiger partial charge on any atom is -0.326 e. The van der Waals surface area contributed by atoms with Gasteiger partial charge in [0.2, 0.25) is 0 Å². The fraction of sp³-hybridized carbons (Fsp3) is 0.333. The maximum Gasteiger partial charge on any atom is 0.0984 e. The number of hydrogen-bond donors (Lipinski definition) is 2. The molecule has 2 rings (SSSR count). The monoisotopic (exact) mass is 216 g/mol. The van der Waals surface area contributed by atoms with Gasteiger partial charge in [0.05, 0.1) is 5.69 Å². The molecule has 0 amide bonds. The van der Waals surface area contributed by atoms with Crippen molar-refractivity contribution in [3.63, 3.8) is 0 Å². The van der Waals surface area contributed by atoms with Gasteiger partial charge in [0.15, 0.2) is 0 Å². The highest BCUT2D eigenvalue weighted by Crippen LogP contribution is 2.26. The molecule has 0 radical (unpaired) electrons. The first kappa shape index (κ1) is 10.8. The largest absolute Gasteiger partial charge is 0.326 e. The molecule has 0 aromatic carbocycles. The van der Waals surface area contributed by atoms with Gasteiger partial charge >= 0.3 is 0 Å². The highest BCUT2D eigenvalue weighted by atomic mass is 15.1. The van der Waals surface area contributed by atoms with Crippen LogP contribution in [0.3, 0.4) is 0 Å². The van der Waals surface area contributed by atoms with Crippen molar-refractivity contribution in [2.75, 3.05) is 0 Å². The van der Waals surface area contributed by atoms with Gasteiger partial charge in [-0.2, -0.15) is 5.10 Å². The average Bonchev–Trinajstić information content (AvgIpc) is 2.73. The Morgan fingerprint density at radius 3 is 2.81 bits per heavy atom. The molecule has 2 heterocycles. The Morgan fingerprint density at radius 2 is 2.25 bits per heavy atom. The molecule has 0 saturated carbocycles. The van der Waals surface area contributed by atoms with Gasteiger partial charge in [-0.05, 0) is 18.1 Å². The zero-order chi connectivity index (χ0) is 11.5. The summed E-state index contributed by atoms with van der Waals surface area (Å²) in [7, 11) is 0. The van der Waals surface area contributed by atoms with Gasteiger partial charge < -0.3 is 5.73 Å². The summed E-state index contributed by atoms with van der Waals surface area (Å²) in [5.41, 5.74) is 9.91. The first-order valence-corrected chi connectivity index (χ1v) is 5.41. The number of pyridine rings is 1. The Hall–Kier alpha value is -1.68. The molecular formula is C12H16N4. The molecule has 84 valence electrons. The Balaban J connectivity index is 2.50. The SMILES string of the molecule is CC(C)c1[nH]nc(-c2cccnc2)c1CN. The normalized spacial score (nSPS) is 11.0. The molecule has 4 heteroatoms. The Morgan fingerprint density at radius 1 is 1.44 bits per heavy atom. The third-order valence-electron chi connectivity index (χ3n) is 2.62. The smallest absolute Gasteiger partial charge is 0.0984 e. The molecule has 0 unspecified atom stereocenters. The second-order valence-corrected chi connectivity index (χ2v) is 4.06. The van der Waals surface area contributed by atoms with Crippen molar-refractivity contribution < 1.29 is 0 Å². The molecule has 0 aliphatic rings. The van der Waals surface area contributed by atoms with Crippen LogP contribution in [0.5, 0.6) is 0 Å². The lowest BCUT2D eigenvalue weighted by molar-refractivity contribution is 0.794. The van der Waals surface area contributed by atoms with Crippen LogP contribution in [0.15, 0.2) is 24.5 Å². The van der Waals surface area contributed by atoms with Crippen molar-refractivity contribution in [3.05, 3.63) is 35.8 Å². The highest BCUT2D eigenvalue weighted by molar-refractivity contribution is 5.63. The number of nitrogens with one attached hydrogen (secondary N) is 1. The van der Waals surface area contributed by atoms with Crippen LogP contribution >= 0.6 is 0 Å². The quantitative estimate of drug-likeness (QED) is 0.825. The van der Waals surface area contributed by atoms with Crippen LogP contribution in [-0.2, 0) is 6.54 Å². The minimum atomic E-state index is 0.400. The lowest BCUT2D eigenvalue weighted by Gasteiger charge is -2.05. The van der Waals surface area contributed by atoms with E-state index < -0.39 is 0 Å². The van der Waals surface area contributed by atoms with Gasteiger partial charge in [-0.3, -0.25) is 10.1 Å². The highest BCUT2D eigenvalue weighted by Gasteiger charge is 2.15. The van der Waals surface area contributed by atoms with Gasteiger partial charge in [0.25, 0.3) is 0 Å². The minimum absolute atomic E-state index is 0.400. The molecule has 2 aromatic rings. The second kappa shape index (κ2) is 4.45. The number of aromatic nitrogens is 3. The first-order valence-electron chi connectivity index (χ1n) is 5.41. The Bertz CT molecular complexity index is 459. The maximum absolute atomic E-state index is 5.79. The van der Waals surface area contributed by atoms with Crippen LogP contribution in [-0.4, -0.2) is 15.2 Å². The fourth-order valence-electron chi connectivity index (χ4n) is 1.80. The number of H-pyrrole nitrogens is 1. The molecule has 0 aliphatic heterocycles. The number of hydrogen-bond acceptors (Lipinski definition) is 3. The molecule has 0 saturated heterocycles. The third kappa shape index (κ3) is 1.84. The predicted octanol–water partition coefficient (Wildman–Crippen LogP) is 2.05. The summed E-state index contributed by atoms with van der Waals surface area (Å²) in [6, 6.07) is 3.89. The molecular weight excluding hydrogens is 200 g/mol. The predicted molar refractivity (Wildman–Crippen MR) is 63.8 cm³/mol.